The van der Waals surface area contributed by atoms with E-state index < -0.39 is 17.9 Å². The Balaban J connectivity index is 4.04. The Morgan fingerprint density at radius 1 is 1.56 bits per heavy atom. The first-order chi connectivity index (χ1) is 7.57. The van der Waals surface area contributed by atoms with Gasteiger partial charge >= 0.3 is 5.97 Å². The van der Waals surface area contributed by atoms with Crippen LogP contribution in [0.25, 0.3) is 0 Å². The van der Waals surface area contributed by atoms with Crippen molar-refractivity contribution in [2.24, 2.45) is 10.8 Å². The number of carboxylic acids is 1. The van der Waals surface area contributed by atoms with Gasteiger partial charge in [0.15, 0.2) is 0 Å². The monoisotopic (exact) mass is 229 g/mol. The highest BCUT2D eigenvalue weighted by Gasteiger charge is 2.13. The second kappa shape index (κ2) is 8.38. The molecule has 1 unspecified atom stereocenters. The van der Waals surface area contributed by atoms with Crippen molar-refractivity contribution >= 4 is 18.2 Å². The molecule has 0 aliphatic carbocycles. The van der Waals surface area contributed by atoms with Gasteiger partial charge in [-0.15, -0.1) is 0 Å². The number of hydrogen-bond acceptors (Lipinski definition) is 5. The van der Waals surface area contributed by atoms with E-state index in [0.717, 1.165) is 0 Å². The highest BCUT2D eigenvalue weighted by molar-refractivity contribution is 5.83. The zero-order valence-corrected chi connectivity index (χ0v) is 8.80. The van der Waals surface area contributed by atoms with Crippen LogP contribution >= 0.6 is 0 Å². The van der Waals surface area contributed by atoms with Gasteiger partial charge in [-0.05, 0) is 0 Å². The lowest BCUT2D eigenvalue weighted by Gasteiger charge is -2.07. The molecular weight excluding hydrogens is 214 g/mol. The quantitative estimate of drug-likeness (QED) is 0.114. The smallest absolute Gasteiger partial charge is 0.330 e. The van der Waals surface area contributed by atoms with E-state index >= 15 is 0 Å². The van der Waals surface area contributed by atoms with Gasteiger partial charge in [-0.3, -0.25) is 21.1 Å². The molecule has 0 saturated heterocycles. The van der Waals surface area contributed by atoms with Crippen LogP contribution in [0.3, 0.4) is 0 Å². The van der Waals surface area contributed by atoms with Crippen LogP contribution in [0, 0.1) is 0 Å². The molecule has 0 aromatic rings. The van der Waals surface area contributed by atoms with Gasteiger partial charge in [0.2, 0.25) is 5.91 Å². The summed E-state index contributed by atoms with van der Waals surface area (Å²) in [6, 6.07) is -1.03. The third-order valence-electron chi connectivity index (χ3n) is 1.40. The minimum atomic E-state index is -1.13. The lowest BCUT2D eigenvalue weighted by atomic mass is 10.2. The lowest BCUT2D eigenvalue weighted by molar-refractivity contribution is -0.140. The summed E-state index contributed by atoms with van der Waals surface area (Å²) in [7, 11) is 0. The highest BCUT2D eigenvalue weighted by atomic mass is 16.4. The Bertz CT molecular complexity index is 289. The maximum Gasteiger partial charge on any atom is 0.330 e. The van der Waals surface area contributed by atoms with Crippen LogP contribution in [0.5, 0.6) is 0 Å². The van der Waals surface area contributed by atoms with Crippen LogP contribution in [0.15, 0.2) is 17.1 Å². The molecule has 0 fully saturated rings. The summed E-state index contributed by atoms with van der Waals surface area (Å²) < 4.78 is 0. The van der Waals surface area contributed by atoms with E-state index in [2.05, 4.69) is 21.3 Å². The van der Waals surface area contributed by atoms with E-state index in [-0.39, 0.29) is 6.54 Å². The number of nitrogens with zero attached hydrogens (tertiary/aromatic N) is 1. The van der Waals surface area contributed by atoms with E-state index in [0.29, 0.717) is 0 Å². The Morgan fingerprint density at radius 3 is 2.75 bits per heavy atom. The molecule has 0 radical (unpaired) electrons. The van der Waals surface area contributed by atoms with E-state index in [4.69, 9.17) is 10.9 Å². The standard InChI is InChI=1S/C8H15N5O3/c1-6(14)12-7(8(15)16)3-2-4-10-5-11-13-9/h2-3,5,7,13H,4,9H2,1H3,(H,10,11)(H,12,14)(H,15,16). The van der Waals surface area contributed by atoms with Crippen LogP contribution in [-0.2, 0) is 9.59 Å². The summed E-state index contributed by atoms with van der Waals surface area (Å²) in [5.41, 5.74) is 4.54. The molecule has 8 heteroatoms. The average Bonchev–Trinajstić information content (AvgIpc) is 2.20. The number of carboxylic acid groups (broad SMARTS) is 1. The van der Waals surface area contributed by atoms with E-state index in [9.17, 15) is 9.59 Å². The van der Waals surface area contributed by atoms with Gasteiger partial charge < -0.3 is 10.4 Å². The van der Waals surface area contributed by atoms with Gasteiger partial charge in [-0.25, -0.2) is 4.79 Å². The number of hydrazine groups is 2. The summed E-state index contributed by atoms with van der Waals surface area (Å²) >= 11 is 0. The van der Waals surface area contributed by atoms with Crippen molar-refractivity contribution in [2.45, 2.75) is 13.0 Å². The van der Waals surface area contributed by atoms with E-state index in [1.807, 2.05) is 0 Å². The number of nitrogens with two attached hydrogens (primary N) is 1. The maximum absolute atomic E-state index is 10.7. The first kappa shape index (κ1) is 14.1. The minimum absolute atomic E-state index is 0.276. The number of hydrogen-bond donors (Lipinski definition) is 5. The number of carbonyl (C=O) groups is 2. The molecule has 0 spiro atoms. The molecule has 0 aromatic carbocycles. The Kier molecular flexibility index (Phi) is 7.37. The van der Waals surface area contributed by atoms with Crippen LogP contribution in [0.1, 0.15) is 6.92 Å². The van der Waals surface area contributed by atoms with Crippen molar-refractivity contribution < 1.29 is 14.7 Å². The second-order valence-electron chi connectivity index (χ2n) is 2.73. The van der Waals surface area contributed by atoms with Crippen LogP contribution in [-0.4, -0.2) is 35.9 Å². The second-order valence-corrected chi connectivity index (χ2v) is 2.73. The van der Waals surface area contributed by atoms with Crippen molar-refractivity contribution in [1.82, 2.24) is 16.3 Å². The van der Waals surface area contributed by atoms with Gasteiger partial charge in [0.05, 0.1) is 12.9 Å². The molecule has 6 N–H and O–H groups in total. The molecule has 0 aliphatic rings. The van der Waals surface area contributed by atoms with Gasteiger partial charge in [-0.1, -0.05) is 12.2 Å². The summed E-state index contributed by atoms with van der Waals surface area (Å²) in [6.07, 6.45) is 4.18. The highest BCUT2D eigenvalue weighted by Crippen LogP contribution is 1.88. The molecule has 0 saturated carbocycles. The predicted molar refractivity (Wildman–Crippen MR) is 58.2 cm³/mol. The molecule has 8 nitrogen and oxygen atoms in total. The fraction of sp³-hybridized carbons (Fsp3) is 0.375. The molecular formula is C8H15N5O3. The predicted octanol–water partition coefficient (Wildman–Crippen LogP) is -1.87. The molecule has 0 aromatic heterocycles. The summed E-state index contributed by atoms with van der Waals surface area (Å²) in [4.78, 5) is 25.1. The fourth-order valence-electron chi connectivity index (χ4n) is 0.805. The summed E-state index contributed by atoms with van der Waals surface area (Å²) in [5.74, 6) is 3.36. The van der Waals surface area contributed by atoms with Crippen molar-refractivity contribution in [2.75, 3.05) is 6.54 Å². The number of aliphatic carboxylic acids is 1. The Morgan fingerprint density at radius 2 is 2.25 bits per heavy atom. The lowest BCUT2D eigenvalue weighted by Crippen LogP contribution is -2.38. The minimum Gasteiger partial charge on any atom is -0.479 e. The Hall–Kier alpha value is -1.93. The SMILES string of the molecule is CC(=O)NC(C=CCN=CNNN)C(=O)O. The van der Waals surface area contributed by atoms with Gasteiger partial charge in [0.1, 0.15) is 6.04 Å². The molecule has 1 amide bonds. The molecule has 0 aliphatic heterocycles. The number of nitrogens with one attached hydrogen (secondary N) is 3. The number of aliphatic imine (C=N–C) groups is 1. The number of rotatable bonds is 7. The van der Waals surface area contributed by atoms with Crippen LogP contribution in [0.4, 0.5) is 0 Å². The van der Waals surface area contributed by atoms with Gasteiger partial charge in [0.25, 0.3) is 0 Å². The summed E-state index contributed by atoms with van der Waals surface area (Å²) in [5, 5.41) is 11.0. The van der Waals surface area contributed by atoms with E-state index in [1.165, 1.54) is 25.4 Å². The number of carbonyl (C=O) groups excluding carboxylic acids is 1. The Labute approximate surface area is 92.5 Å². The molecule has 1 atom stereocenters. The van der Waals surface area contributed by atoms with E-state index in [1.54, 1.807) is 0 Å². The average molecular weight is 229 g/mol. The topological polar surface area (TPSA) is 129 Å². The molecule has 0 bridgehead atoms. The van der Waals surface area contributed by atoms with Crippen molar-refractivity contribution in [3.8, 4) is 0 Å². The molecule has 90 valence electrons. The largest absolute Gasteiger partial charge is 0.479 e. The van der Waals surface area contributed by atoms with Crippen LogP contribution < -0.4 is 22.1 Å². The maximum atomic E-state index is 10.7. The van der Waals surface area contributed by atoms with Gasteiger partial charge in [-0.2, -0.15) is 5.53 Å². The third-order valence-corrected chi connectivity index (χ3v) is 1.40. The molecule has 16 heavy (non-hydrogen) atoms. The van der Waals surface area contributed by atoms with Gasteiger partial charge in [0, 0.05) is 6.92 Å². The first-order valence-electron chi connectivity index (χ1n) is 4.44. The fourth-order valence-corrected chi connectivity index (χ4v) is 0.805. The molecule has 0 rings (SSSR count). The number of amides is 1. The third kappa shape index (κ3) is 7.47. The summed E-state index contributed by atoms with van der Waals surface area (Å²) in [6.45, 7) is 1.52. The first-order valence-corrected chi connectivity index (χ1v) is 4.44. The zero-order chi connectivity index (χ0) is 12.4. The van der Waals surface area contributed by atoms with Crippen molar-refractivity contribution in [3.63, 3.8) is 0 Å². The van der Waals surface area contributed by atoms with Crippen molar-refractivity contribution in [1.29, 1.82) is 0 Å². The normalized spacial score (nSPS) is 12.9. The van der Waals surface area contributed by atoms with Crippen molar-refractivity contribution in [3.05, 3.63) is 12.2 Å². The molecule has 0 heterocycles. The van der Waals surface area contributed by atoms with Crippen LogP contribution in [0.2, 0.25) is 0 Å². The zero-order valence-electron chi connectivity index (χ0n) is 8.80.